The number of piperidine rings is 1. The number of nitrogens with one attached hydrogen (secondary N) is 1. The molecule has 0 aliphatic carbocycles. The molecule has 1 heterocycles. The minimum atomic E-state index is 0.361. The molecule has 0 amide bonds. The molecule has 19 heavy (non-hydrogen) atoms. The molecule has 0 radical (unpaired) electrons. The number of hydrogen-bond donors (Lipinski definition) is 1. The van der Waals surface area contributed by atoms with E-state index >= 15 is 0 Å². The summed E-state index contributed by atoms with van der Waals surface area (Å²) in [6.45, 7) is 19.1. The summed E-state index contributed by atoms with van der Waals surface area (Å²) < 4.78 is 0. The van der Waals surface area contributed by atoms with Crippen LogP contribution in [0.3, 0.4) is 0 Å². The van der Waals surface area contributed by atoms with Gasteiger partial charge in [-0.25, -0.2) is 0 Å². The van der Waals surface area contributed by atoms with E-state index in [1.165, 1.54) is 38.9 Å². The number of likely N-dealkylation sites (tertiary alicyclic amines) is 1. The van der Waals surface area contributed by atoms with Gasteiger partial charge in [-0.1, -0.05) is 34.6 Å². The van der Waals surface area contributed by atoms with Crippen molar-refractivity contribution >= 4 is 0 Å². The highest BCUT2D eigenvalue weighted by molar-refractivity contribution is 4.85. The molecule has 0 aromatic heterocycles. The molecule has 1 fully saturated rings. The van der Waals surface area contributed by atoms with Gasteiger partial charge in [-0.05, 0) is 63.1 Å². The van der Waals surface area contributed by atoms with Crippen LogP contribution < -0.4 is 5.32 Å². The minimum absolute atomic E-state index is 0.361. The molecule has 2 heteroatoms. The third-order valence-electron chi connectivity index (χ3n) is 5.08. The Labute approximate surface area is 121 Å². The van der Waals surface area contributed by atoms with Crippen LogP contribution in [0.15, 0.2) is 0 Å². The molecular weight excluding hydrogens is 232 g/mol. The highest BCUT2D eigenvalue weighted by atomic mass is 15.1. The molecule has 1 saturated heterocycles. The van der Waals surface area contributed by atoms with Crippen LogP contribution in [0.25, 0.3) is 0 Å². The molecule has 0 aromatic rings. The molecule has 114 valence electrons. The molecule has 1 rings (SSSR count). The van der Waals surface area contributed by atoms with Crippen LogP contribution in [0.4, 0.5) is 0 Å². The van der Waals surface area contributed by atoms with E-state index in [0.717, 1.165) is 18.4 Å². The van der Waals surface area contributed by atoms with Gasteiger partial charge < -0.3 is 10.2 Å². The smallest absolute Gasteiger partial charge is 0.0102 e. The van der Waals surface area contributed by atoms with Gasteiger partial charge in [0.25, 0.3) is 0 Å². The molecule has 1 atom stereocenters. The maximum absolute atomic E-state index is 3.66. The van der Waals surface area contributed by atoms with Crippen molar-refractivity contribution in [2.75, 3.05) is 26.2 Å². The van der Waals surface area contributed by atoms with Gasteiger partial charge in [-0.15, -0.1) is 0 Å². The second kappa shape index (κ2) is 7.64. The predicted octanol–water partition coefficient (Wildman–Crippen LogP) is 3.77. The average molecular weight is 268 g/mol. The lowest BCUT2D eigenvalue weighted by Gasteiger charge is -2.41. The zero-order chi connectivity index (χ0) is 14.5. The fourth-order valence-corrected chi connectivity index (χ4v) is 3.13. The van der Waals surface area contributed by atoms with Crippen molar-refractivity contribution in [2.24, 2.45) is 17.3 Å². The Bertz CT molecular complexity index is 240. The summed E-state index contributed by atoms with van der Waals surface area (Å²) in [5.74, 6) is 1.82. The van der Waals surface area contributed by atoms with Crippen molar-refractivity contribution < 1.29 is 0 Å². The van der Waals surface area contributed by atoms with Crippen LogP contribution in [0.5, 0.6) is 0 Å². The summed E-state index contributed by atoms with van der Waals surface area (Å²) in [5.41, 5.74) is 0.361. The first-order chi connectivity index (χ1) is 8.86. The van der Waals surface area contributed by atoms with Gasteiger partial charge >= 0.3 is 0 Å². The van der Waals surface area contributed by atoms with Crippen molar-refractivity contribution in [3.8, 4) is 0 Å². The quantitative estimate of drug-likeness (QED) is 0.756. The zero-order valence-corrected chi connectivity index (χ0v) is 14.1. The summed E-state index contributed by atoms with van der Waals surface area (Å²) in [5, 5.41) is 3.66. The van der Waals surface area contributed by atoms with Gasteiger partial charge in [-0.2, -0.15) is 0 Å². The lowest BCUT2D eigenvalue weighted by Crippen LogP contribution is -2.48. The lowest BCUT2D eigenvalue weighted by molar-refractivity contribution is 0.0958. The van der Waals surface area contributed by atoms with Gasteiger partial charge in [-0.3, -0.25) is 0 Å². The van der Waals surface area contributed by atoms with Crippen molar-refractivity contribution in [3.63, 3.8) is 0 Å². The lowest BCUT2D eigenvalue weighted by atomic mass is 9.82. The van der Waals surface area contributed by atoms with E-state index in [2.05, 4.69) is 51.8 Å². The van der Waals surface area contributed by atoms with Gasteiger partial charge in [0, 0.05) is 12.6 Å². The molecular formula is C17H36N2. The molecule has 0 aromatic carbocycles. The van der Waals surface area contributed by atoms with E-state index in [-0.39, 0.29) is 0 Å². The van der Waals surface area contributed by atoms with Crippen molar-refractivity contribution in [1.82, 2.24) is 10.2 Å². The maximum Gasteiger partial charge on any atom is 0.0102 e. The van der Waals surface area contributed by atoms with E-state index in [1.54, 1.807) is 0 Å². The minimum Gasteiger partial charge on any atom is -0.314 e. The number of rotatable bonds is 7. The molecule has 2 nitrogen and oxygen atoms in total. The topological polar surface area (TPSA) is 15.3 Å². The molecule has 1 aliphatic heterocycles. The fourth-order valence-electron chi connectivity index (χ4n) is 3.13. The molecule has 1 N–H and O–H groups in total. The third kappa shape index (κ3) is 5.43. The first-order valence-corrected chi connectivity index (χ1v) is 8.32. The van der Waals surface area contributed by atoms with Crippen LogP contribution in [0, 0.1) is 17.3 Å². The molecule has 0 spiro atoms. The zero-order valence-electron chi connectivity index (χ0n) is 14.1. The molecule has 0 saturated carbocycles. The molecule has 1 unspecified atom stereocenters. The average Bonchev–Trinajstić information content (AvgIpc) is 2.36. The second-order valence-electron chi connectivity index (χ2n) is 7.52. The molecule has 0 bridgehead atoms. The van der Waals surface area contributed by atoms with E-state index < -0.39 is 0 Å². The Hall–Kier alpha value is -0.0800. The molecule has 1 aliphatic rings. The number of hydrogen-bond acceptors (Lipinski definition) is 2. The summed E-state index contributed by atoms with van der Waals surface area (Å²) in [6.07, 6.45) is 4.01. The largest absolute Gasteiger partial charge is 0.314 e. The van der Waals surface area contributed by atoms with Gasteiger partial charge in [0.1, 0.15) is 0 Å². The Kier molecular flexibility index (Phi) is 6.82. The van der Waals surface area contributed by atoms with Crippen LogP contribution in [-0.2, 0) is 0 Å². The SMILES string of the molecule is CCCNC(C)C(C)(C)CN1CCC(C(C)C)CC1. The first-order valence-electron chi connectivity index (χ1n) is 8.32. The van der Waals surface area contributed by atoms with Crippen LogP contribution in [-0.4, -0.2) is 37.1 Å². The number of nitrogens with zero attached hydrogens (tertiary/aromatic N) is 1. The van der Waals surface area contributed by atoms with Crippen molar-refractivity contribution in [1.29, 1.82) is 0 Å². The summed E-state index contributed by atoms with van der Waals surface area (Å²) in [6, 6.07) is 0.593. The first kappa shape index (κ1) is 17.0. The van der Waals surface area contributed by atoms with E-state index in [1.807, 2.05) is 0 Å². The second-order valence-corrected chi connectivity index (χ2v) is 7.52. The Morgan fingerprint density at radius 3 is 2.21 bits per heavy atom. The van der Waals surface area contributed by atoms with E-state index in [0.29, 0.717) is 11.5 Å². The van der Waals surface area contributed by atoms with Crippen molar-refractivity contribution in [2.45, 2.75) is 66.8 Å². The van der Waals surface area contributed by atoms with Gasteiger partial charge in [0.15, 0.2) is 0 Å². The van der Waals surface area contributed by atoms with E-state index in [9.17, 15) is 0 Å². The third-order valence-corrected chi connectivity index (χ3v) is 5.08. The van der Waals surface area contributed by atoms with Crippen LogP contribution in [0.1, 0.15) is 60.8 Å². The Morgan fingerprint density at radius 1 is 1.16 bits per heavy atom. The van der Waals surface area contributed by atoms with E-state index in [4.69, 9.17) is 0 Å². The normalized spacial score (nSPS) is 21.0. The summed E-state index contributed by atoms with van der Waals surface area (Å²) in [4.78, 5) is 2.68. The van der Waals surface area contributed by atoms with Gasteiger partial charge in [0.2, 0.25) is 0 Å². The predicted molar refractivity (Wildman–Crippen MR) is 85.5 cm³/mol. The monoisotopic (exact) mass is 268 g/mol. The highest BCUT2D eigenvalue weighted by Crippen LogP contribution is 2.28. The fraction of sp³-hybridized carbons (Fsp3) is 1.00. The highest BCUT2D eigenvalue weighted by Gasteiger charge is 2.30. The van der Waals surface area contributed by atoms with Crippen LogP contribution in [0.2, 0.25) is 0 Å². The Morgan fingerprint density at radius 2 is 1.74 bits per heavy atom. The van der Waals surface area contributed by atoms with Crippen molar-refractivity contribution in [3.05, 3.63) is 0 Å². The standard InChI is InChI=1S/C17H36N2/c1-7-10-18-15(4)17(5,6)13-19-11-8-16(9-12-19)14(2)3/h14-16,18H,7-13H2,1-6H3. The van der Waals surface area contributed by atoms with Crippen LogP contribution >= 0.6 is 0 Å². The summed E-state index contributed by atoms with van der Waals surface area (Å²) in [7, 11) is 0. The maximum atomic E-state index is 3.66. The Balaban J connectivity index is 2.38. The summed E-state index contributed by atoms with van der Waals surface area (Å²) >= 11 is 0. The van der Waals surface area contributed by atoms with Gasteiger partial charge in [0.05, 0.1) is 0 Å².